The van der Waals surface area contributed by atoms with E-state index < -0.39 is 0 Å². The summed E-state index contributed by atoms with van der Waals surface area (Å²) < 4.78 is 0. The van der Waals surface area contributed by atoms with Gasteiger partial charge >= 0.3 is 0 Å². The molecule has 0 fully saturated rings. The Hall–Kier alpha value is -3.18. The summed E-state index contributed by atoms with van der Waals surface area (Å²) in [6.45, 7) is 3.87. The summed E-state index contributed by atoms with van der Waals surface area (Å²) in [5.41, 5.74) is 3.77. The van der Waals surface area contributed by atoms with Gasteiger partial charge in [0.2, 0.25) is 0 Å². The van der Waals surface area contributed by atoms with Gasteiger partial charge in [-0.3, -0.25) is 14.6 Å². The number of anilines is 2. The Bertz CT molecular complexity index is 1020. The van der Waals surface area contributed by atoms with Gasteiger partial charge in [0, 0.05) is 28.2 Å². The van der Waals surface area contributed by atoms with E-state index in [4.69, 9.17) is 11.6 Å². The highest BCUT2D eigenvalue weighted by atomic mass is 35.5. The van der Waals surface area contributed by atoms with Crippen LogP contribution in [-0.4, -0.2) is 16.8 Å². The molecule has 0 aliphatic carbocycles. The molecule has 2 aromatic carbocycles. The number of halogens is 1. The fraction of sp³-hybridized carbons (Fsp3) is 0.0952. The number of amides is 2. The number of nitrogens with one attached hydrogen (secondary N) is 2. The topological polar surface area (TPSA) is 71.1 Å². The Morgan fingerprint density at radius 1 is 0.926 bits per heavy atom. The molecule has 0 saturated heterocycles. The van der Waals surface area contributed by atoms with E-state index in [1.807, 2.05) is 32.0 Å². The highest BCUT2D eigenvalue weighted by Gasteiger charge is 2.13. The molecule has 3 rings (SSSR count). The van der Waals surface area contributed by atoms with Crippen molar-refractivity contribution in [2.24, 2.45) is 0 Å². The number of hydrogen-bond donors (Lipinski definition) is 2. The number of nitrogens with zero attached hydrogens (tertiary/aromatic N) is 1. The number of pyridine rings is 1. The van der Waals surface area contributed by atoms with Gasteiger partial charge in [0.25, 0.3) is 11.8 Å². The van der Waals surface area contributed by atoms with Crippen molar-refractivity contribution in [1.82, 2.24) is 4.98 Å². The first kappa shape index (κ1) is 18.6. The Kier molecular flexibility index (Phi) is 5.52. The van der Waals surface area contributed by atoms with Gasteiger partial charge in [0.1, 0.15) is 5.69 Å². The number of aromatic nitrogens is 1. The maximum atomic E-state index is 12.5. The molecule has 0 unspecified atom stereocenters. The lowest BCUT2D eigenvalue weighted by Gasteiger charge is -2.10. The van der Waals surface area contributed by atoms with Gasteiger partial charge in [-0.05, 0) is 61.4 Å². The molecule has 0 radical (unpaired) electrons. The summed E-state index contributed by atoms with van der Waals surface area (Å²) in [5.74, 6) is -0.721. The van der Waals surface area contributed by atoms with Gasteiger partial charge in [-0.1, -0.05) is 29.8 Å². The molecule has 0 atom stereocenters. The molecule has 136 valence electrons. The summed E-state index contributed by atoms with van der Waals surface area (Å²) in [4.78, 5) is 29.1. The van der Waals surface area contributed by atoms with Gasteiger partial charge < -0.3 is 10.6 Å². The van der Waals surface area contributed by atoms with Crippen molar-refractivity contribution in [2.75, 3.05) is 10.6 Å². The minimum absolute atomic E-state index is 0.162. The third-order valence-electron chi connectivity index (χ3n) is 3.98. The second-order valence-corrected chi connectivity index (χ2v) is 6.60. The lowest BCUT2D eigenvalue weighted by molar-refractivity contribution is 0.102. The molecule has 0 bridgehead atoms. The molecule has 0 aliphatic rings. The van der Waals surface area contributed by atoms with Crippen molar-refractivity contribution in [1.29, 1.82) is 0 Å². The van der Waals surface area contributed by atoms with E-state index in [2.05, 4.69) is 15.6 Å². The number of carbonyl (C=O) groups excluding carboxylic acids is 2. The average molecular weight is 380 g/mol. The van der Waals surface area contributed by atoms with E-state index >= 15 is 0 Å². The number of hydrogen-bond acceptors (Lipinski definition) is 3. The van der Waals surface area contributed by atoms with E-state index in [9.17, 15) is 9.59 Å². The number of benzene rings is 2. The lowest BCUT2D eigenvalue weighted by atomic mass is 10.1. The van der Waals surface area contributed by atoms with Crippen LogP contribution in [-0.2, 0) is 0 Å². The molecule has 27 heavy (non-hydrogen) atoms. The molecule has 3 aromatic rings. The van der Waals surface area contributed by atoms with Crippen LogP contribution in [0.5, 0.6) is 0 Å². The van der Waals surface area contributed by atoms with Crippen LogP contribution in [0.25, 0.3) is 0 Å². The first-order valence-corrected chi connectivity index (χ1v) is 8.72. The second-order valence-electron chi connectivity index (χ2n) is 6.17. The zero-order chi connectivity index (χ0) is 19.4. The average Bonchev–Trinajstić information content (AvgIpc) is 2.65. The summed E-state index contributed by atoms with van der Waals surface area (Å²) in [7, 11) is 0. The largest absolute Gasteiger partial charge is 0.322 e. The zero-order valence-corrected chi connectivity index (χ0v) is 15.7. The smallest absolute Gasteiger partial charge is 0.274 e. The molecule has 6 heteroatoms. The Balaban J connectivity index is 1.77. The fourth-order valence-corrected chi connectivity index (χ4v) is 2.71. The summed E-state index contributed by atoms with van der Waals surface area (Å²) in [6, 6.07) is 15.7. The molecule has 0 saturated carbocycles. The van der Waals surface area contributed by atoms with Crippen LogP contribution in [0.15, 0.2) is 60.8 Å². The van der Waals surface area contributed by atoms with E-state index in [1.165, 1.54) is 12.3 Å². The molecule has 2 amide bonds. The van der Waals surface area contributed by atoms with Crippen molar-refractivity contribution in [2.45, 2.75) is 13.8 Å². The maximum absolute atomic E-state index is 12.5. The monoisotopic (exact) mass is 379 g/mol. The Labute approximate surface area is 162 Å². The minimum Gasteiger partial charge on any atom is -0.322 e. The number of rotatable bonds is 4. The van der Waals surface area contributed by atoms with E-state index in [0.717, 1.165) is 16.8 Å². The van der Waals surface area contributed by atoms with Crippen LogP contribution in [0.4, 0.5) is 11.4 Å². The van der Waals surface area contributed by atoms with Crippen LogP contribution in [0.3, 0.4) is 0 Å². The Morgan fingerprint density at radius 2 is 1.74 bits per heavy atom. The fourth-order valence-electron chi connectivity index (χ4n) is 2.52. The summed E-state index contributed by atoms with van der Waals surface area (Å²) in [5, 5.41) is 6.11. The predicted molar refractivity (Wildman–Crippen MR) is 108 cm³/mol. The van der Waals surface area contributed by atoms with Crippen LogP contribution in [0.2, 0.25) is 5.02 Å². The molecule has 0 aliphatic heterocycles. The molecule has 2 N–H and O–H groups in total. The maximum Gasteiger partial charge on any atom is 0.274 e. The van der Waals surface area contributed by atoms with Crippen molar-refractivity contribution >= 4 is 34.8 Å². The van der Waals surface area contributed by atoms with Gasteiger partial charge in [-0.15, -0.1) is 0 Å². The second kappa shape index (κ2) is 8.01. The van der Waals surface area contributed by atoms with Crippen molar-refractivity contribution < 1.29 is 9.59 Å². The molecule has 0 spiro atoms. The quantitative estimate of drug-likeness (QED) is 0.680. The van der Waals surface area contributed by atoms with Crippen LogP contribution >= 0.6 is 11.6 Å². The zero-order valence-electron chi connectivity index (χ0n) is 14.9. The lowest BCUT2D eigenvalue weighted by Crippen LogP contribution is -2.17. The molecular weight excluding hydrogens is 362 g/mol. The first-order chi connectivity index (χ1) is 12.9. The molecule has 1 aromatic heterocycles. The van der Waals surface area contributed by atoms with E-state index in [1.54, 1.807) is 30.3 Å². The van der Waals surface area contributed by atoms with Crippen molar-refractivity contribution in [3.63, 3.8) is 0 Å². The SMILES string of the molecule is Cc1ccc(C)c(NC(=O)c2cc(C(=O)Nc3cccc(Cl)c3)ccn2)c1. The predicted octanol–water partition coefficient (Wildman–Crippen LogP) is 4.86. The van der Waals surface area contributed by atoms with Gasteiger partial charge in [-0.2, -0.15) is 0 Å². The van der Waals surface area contributed by atoms with Crippen LogP contribution < -0.4 is 10.6 Å². The number of carbonyl (C=O) groups is 2. The Morgan fingerprint density at radius 3 is 2.52 bits per heavy atom. The summed E-state index contributed by atoms with van der Waals surface area (Å²) in [6.07, 6.45) is 1.44. The van der Waals surface area contributed by atoms with Gasteiger partial charge in [0.05, 0.1) is 0 Å². The summed E-state index contributed by atoms with van der Waals surface area (Å²) >= 11 is 5.93. The standard InChI is InChI=1S/C21H18ClN3O2/c1-13-6-7-14(2)18(10-13)25-21(27)19-11-15(8-9-23-19)20(26)24-17-5-3-4-16(22)12-17/h3-12H,1-2H3,(H,24,26)(H,25,27). The van der Waals surface area contributed by atoms with E-state index in [-0.39, 0.29) is 17.5 Å². The van der Waals surface area contributed by atoms with Crippen molar-refractivity contribution in [3.8, 4) is 0 Å². The minimum atomic E-state index is -0.374. The van der Waals surface area contributed by atoms with Gasteiger partial charge in [-0.25, -0.2) is 0 Å². The molecule has 1 heterocycles. The van der Waals surface area contributed by atoms with Gasteiger partial charge in [0.15, 0.2) is 0 Å². The van der Waals surface area contributed by atoms with Crippen molar-refractivity contribution in [3.05, 3.63) is 88.2 Å². The van der Waals surface area contributed by atoms with Crippen LogP contribution in [0.1, 0.15) is 32.0 Å². The van der Waals surface area contributed by atoms with Crippen LogP contribution in [0, 0.1) is 13.8 Å². The molecule has 5 nitrogen and oxygen atoms in total. The highest BCUT2D eigenvalue weighted by molar-refractivity contribution is 6.31. The molecular formula is C21H18ClN3O2. The highest BCUT2D eigenvalue weighted by Crippen LogP contribution is 2.18. The van der Waals surface area contributed by atoms with E-state index in [0.29, 0.717) is 16.3 Å². The normalized spacial score (nSPS) is 10.3. The number of aryl methyl sites for hydroxylation is 2. The third kappa shape index (κ3) is 4.71. The first-order valence-electron chi connectivity index (χ1n) is 8.34. The third-order valence-corrected chi connectivity index (χ3v) is 4.21.